The smallest absolute Gasteiger partial charge is 0.220 e. The number of nitrogen functional groups attached to an aromatic ring is 1. The van der Waals surface area contributed by atoms with Crippen LogP contribution in [0.25, 0.3) is 0 Å². The molecule has 27 heavy (non-hydrogen) atoms. The summed E-state index contributed by atoms with van der Waals surface area (Å²) in [7, 11) is -1.84. The van der Waals surface area contributed by atoms with Crippen LogP contribution in [-0.2, 0) is 19.5 Å². The van der Waals surface area contributed by atoms with E-state index in [4.69, 9.17) is 15.1 Å². The maximum Gasteiger partial charge on any atom is 0.220 e. The molecule has 3 heterocycles. The van der Waals surface area contributed by atoms with E-state index in [0.717, 1.165) is 48.6 Å². The number of nitrogens with zero attached hydrogens (tertiary/aromatic N) is 4. The Morgan fingerprint density at radius 1 is 1.07 bits per heavy atom. The number of anilines is 1. The van der Waals surface area contributed by atoms with E-state index in [0.29, 0.717) is 22.6 Å². The molecule has 0 atom stereocenters. The lowest BCUT2D eigenvalue weighted by molar-refractivity contribution is 0.225. The third kappa shape index (κ3) is 3.67. The Morgan fingerprint density at radius 3 is 2.37 bits per heavy atom. The highest BCUT2D eigenvalue weighted by molar-refractivity contribution is 6.93. The van der Waals surface area contributed by atoms with Gasteiger partial charge in [-0.2, -0.15) is 0 Å². The number of nitrogens with two attached hydrogens (primary N) is 1. The maximum absolute atomic E-state index is 6.40. The second kappa shape index (κ2) is 7.71. The average molecular weight is 388 g/mol. The Balaban J connectivity index is 1.79. The summed E-state index contributed by atoms with van der Waals surface area (Å²) in [6.45, 7) is 16.6. The molecule has 3 rings (SSSR count). The van der Waals surface area contributed by atoms with Crippen LogP contribution in [0, 0.1) is 0 Å². The molecule has 2 aromatic rings. The highest BCUT2D eigenvalue weighted by Gasteiger charge is 2.48. The third-order valence-corrected chi connectivity index (χ3v) is 12.9. The second-order valence-corrected chi connectivity index (χ2v) is 14.4. The molecule has 6 nitrogen and oxygen atoms in total. The monoisotopic (exact) mass is 387 g/mol. The first-order valence-electron chi connectivity index (χ1n) is 10.0. The van der Waals surface area contributed by atoms with E-state index in [1.807, 2.05) is 12.4 Å². The van der Waals surface area contributed by atoms with Crippen LogP contribution < -0.4 is 11.2 Å². The number of rotatable bonds is 6. The molecule has 0 unspecified atom stereocenters. The van der Waals surface area contributed by atoms with Gasteiger partial charge in [-0.1, -0.05) is 41.5 Å². The number of hydrogen-bond donors (Lipinski definition) is 1. The minimum Gasteiger partial charge on any atom is -0.449 e. The van der Waals surface area contributed by atoms with Gasteiger partial charge in [0.25, 0.3) is 0 Å². The fourth-order valence-electron chi connectivity index (χ4n) is 5.07. The molecule has 1 aliphatic heterocycles. The zero-order valence-electron chi connectivity index (χ0n) is 17.5. The van der Waals surface area contributed by atoms with Crippen LogP contribution in [0.4, 0.5) is 5.95 Å². The lowest BCUT2D eigenvalue weighted by Gasteiger charge is -2.39. The van der Waals surface area contributed by atoms with Gasteiger partial charge in [-0.25, -0.2) is 15.0 Å². The van der Waals surface area contributed by atoms with Crippen molar-refractivity contribution >= 4 is 19.5 Å². The average Bonchev–Trinajstić information content (AvgIpc) is 3.03. The zero-order chi connectivity index (χ0) is 19.8. The standard InChI is InChI=1S/C20H33N5OSi/c1-13(2)27(14(3)4,15(5)6)20-23-10-17(26-20)12-25-8-7-18-16(11-25)9-22-19(21)24-18/h9-10,13-15H,7-8,11-12H2,1-6H3,(H2,21,22,24). The molecule has 0 saturated heterocycles. The lowest BCUT2D eigenvalue weighted by atomic mass is 10.1. The van der Waals surface area contributed by atoms with Crippen molar-refractivity contribution < 1.29 is 4.42 Å². The summed E-state index contributed by atoms with van der Waals surface area (Å²) in [5, 5.41) is 0. The summed E-state index contributed by atoms with van der Waals surface area (Å²) in [5.41, 5.74) is 10.7. The molecule has 0 aromatic carbocycles. The Labute approximate surface area is 163 Å². The second-order valence-electron chi connectivity index (χ2n) is 8.69. The van der Waals surface area contributed by atoms with Crippen molar-refractivity contribution in [2.24, 2.45) is 0 Å². The predicted octanol–water partition coefficient (Wildman–Crippen LogP) is 3.49. The van der Waals surface area contributed by atoms with Gasteiger partial charge in [0.2, 0.25) is 5.95 Å². The molecule has 0 fully saturated rings. The van der Waals surface area contributed by atoms with Gasteiger partial charge in [0.1, 0.15) is 5.76 Å². The van der Waals surface area contributed by atoms with E-state index in [1.54, 1.807) is 0 Å². The van der Waals surface area contributed by atoms with Crippen molar-refractivity contribution in [2.75, 3.05) is 12.3 Å². The maximum atomic E-state index is 6.40. The van der Waals surface area contributed by atoms with Gasteiger partial charge in [-0.3, -0.25) is 4.90 Å². The molecule has 0 radical (unpaired) electrons. The number of hydrogen-bond acceptors (Lipinski definition) is 6. The summed E-state index contributed by atoms with van der Waals surface area (Å²) >= 11 is 0. The molecular formula is C20H33N5OSi. The van der Waals surface area contributed by atoms with Gasteiger partial charge < -0.3 is 10.2 Å². The number of aromatic nitrogens is 3. The minimum absolute atomic E-state index is 0.361. The summed E-state index contributed by atoms with van der Waals surface area (Å²) in [6, 6.07) is 0. The van der Waals surface area contributed by atoms with Crippen molar-refractivity contribution in [3.8, 4) is 0 Å². The number of oxazole rings is 1. The van der Waals surface area contributed by atoms with E-state index in [9.17, 15) is 0 Å². The summed E-state index contributed by atoms with van der Waals surface area (Å²) in [6.07, 6.45) is 4.69. The van der Waals surface area contributed by atoms with Crippen LogP contribution in [0.15, 0.2) is 16.8 Å². The van der Waals surface area contributed by atoms with Crippen molar-refractivity contribution in [2.45, 2.75) is 77.7 Å². The Kier molecular flexibility index (Phi) is 5.72. The first-order valence-corrected chi connectivity index (χ1v) is 12.3. The molecular weight excluding hydrogens is 354 g/mol. The van der Waals surface area contributed by atoms with E-state index >= 15 is 0 Å². The molecule has 0 aliphatic carbocycles. The highest BCUT2D eigenvalue weighted by Crippen LogP contribution is 2.40. The van der Waals surface area contributed by atoms with Gasteiger partial charge in [0.15, 0.2) is 13.6 Å². The Morgan fingerprint density at radius 2 is 1.74 bits per heavy atom. The van der Waals surface area contributed by atoms with E-state index in [-0.39, 0.29) is 0 Å². The van der Waals surface area contributed by atoms with Crippen LogP contribution in [0.5, 0.6) is 0 Å². The predicted molar refractivity (Wildman–Crippen MR) is 111 cm³/mol. The molecule has 0 bridgehead atoms. The van der Waals surface area contributed by atoms with Crippen molar-refractivity contribution in [1.29, 1.82) is 0 Å². The number of fused-ring (bicyclic) bond motifs is 1. The molecule has 7 heteroatoms. The largest absolute Gasteiger partial charge is 0.449 e. The van der Waals surface area contributed by atoms with E-state index in [2.05, 4.69) is 56.4 Å². The SMILES string of the molecule is CC(C)[Si](c1ncc(CN2CCc3nc(N)ncc3C2)o1)(C(C)C)C(C)C. The molecule has 1 aliphatic rings. The van der Waals surface area contributed by atoms with E-state index in [1.165, 1.54) is 0 Å². The molecule has 2 aromatic heterocycles. The van der Waals surface area contributed by atoms with Crippen LogP contribution in [0.1, 0.15) is 58.6 Å². The van der Waals surface area contributed by atoms with Crippen LogP contribution >= 0.6 is 0 Å². The summed E-state index contributed by atoms with van der Waals surface area (Å²) in [4.78, 5) is 15.7. The third-order valence-electron chi connectivity index (χ3n) is 6.20. The Bertz CT molecular complexity index is 765. The van der Waals surface area contributed by atoms with Crippen molar-refractivity contribution in [3.63, 3.8) is 0 Å². The fraction of sp³-hybridized carbons (Fsp3) is 0.650. The van der Waals surface area contributed by atoms with Crippen LogP contribution in [0.2, 0.25) is 16.6 Å². The lowest BCUT2D eigenvalue weighted by Crippen LogP contribution is -2.56. The Hall–Kier alpha value is -1.73. The fourth-order valence-corrected chi connectivity index (χ4v) is 11.1. The van der Waals surface area contributed by atoms with Crippen LogP contribution in [-0.4, -0.2) is 34.5 Å². The first-order chi connectivity index (χ1) is 12.7. The van der Waals surface area contributed by atoms with Crippen molar-refractivity contribution in [3.05, 3.63) is 29.4 Å². The van der Waals surface area contributed by atoms with Gasteiger partial charge in [-0.05, 0) is 16.6 Å². The normalized spacial score (nSPS) is 15.7. The molecule has 2 N–H and O–H groups in total. The molecule has 0 spiro atoms. The molecule has 148 valence electrons. The highest BCUT2D eigenvalue weighted by atomic mass is 28.3. The summed E-state index contributed by atoms with van der Waals surface area (Å²) < 4.78 is 6.40. The van der Waals surface area contributed by atoms with Gasteiger partial charge in [-0.15, -0.1) is 0 Å². The first kappa shape index (κ1) is 20.0. The van der Waals surface area contributed by atoms with Gasteiger partial charge in [0, 0.05) is 31.3 Å². The van der Waals surface area contributed by atoms with Gasteiger partial charge in [0.05, 0.1) is 18.4 Å². The molecule has 0 amide bonds. The summed E-state index contributed by atoms with van der Waals surface area (Å²) in [5.74, 6) is 1.32. The molecule has 0 saturated carbocycles. The van der Waals surface area contributed by atoms with Gasteiger partial charge >= 0.3 is 0 Å². The zero-order valence-corrected chi connectivity index (χ0v) is 18.5. The van der Waals surface area contributed by atoms with Crippen molar-refractivity contribution in [1.82, 2.24) is 19.9 Å². The topological polar surface area (TPSA) is 81.1 Å². The minimum atomic E-state index is -1.84. The van der Waals surface area contributed by atoms with Crippen LogP contribution in [0.3, 0.4) is 0 Å². The quantitative estimate of drug-likeness (QED) is 0.764. The van der Waals surface area contributed by atoms with E-state index < -0.39 is 8.07 Å².